The number of methoxy groups -OCH3 is 2. The van der Waals surface area contributed by atoms with Crippen molar-refractivity contribution in [3.63, 3.8) is 0 Å². The fourth-order valence-electron chi connectivity index (χ4n) is 3.02. The summed E-state index contributed by atoms with van der Waals surface area (Å²) in [4.78, 5) is 6.60. The highest BCUT2D eigenvalue weighted by Crippen LogP contribution is 2.22. The van der Waals surface area contributed by atoms with E-state index in [1.54, 1.807) is 33.4 Å². The van der Waals surface area contributed by atoms with E-state index in [-0.39, 0.29) is 5.75 Å². The molecule has 1 aliphatic heterocycles. The fourth-order valence-corrected chi connectivity index (χ4v) is 3.02. The molecule has 1 aromatic carbocycles. The molecule has 26 heavy (non-hydrogen) atoms. The Morgan fingerprint density at radius 1 is 1.27 bits per heavy atom. The van der Waals surface area contributed by atoms with Gasteiger partial charge in [-0.1, -0.05) is 0 Å². The summed E-state index contributed by atoms with van der Waals surface area (Å²) in [6.07, 6.45) is 3.21. The lowest BCUT2D eigenvalue weighted by atomic mass is 10.1. The zero-order valence-corrected chi connectivity index (χ0v) is 16.0. The number of aliphatic imine (C=N–C) groups is 1. The van der Waals surface area contributed by atoms with Gasteiger partial charge in [0, 0.05) is 52.6 Å². The number of nitrogens with one attached hydrogen (secondary N) is 1. The molecule has 1 fully saturated rings. The molecule has 0 amide bonds. The van der Waals surface area contributed by atoms with E-state index in [9.17, 15) is 5.11 Å². The molecule has 0 spiro atoms. The van der Waals surface area contributed by atoms with Crippen LogP contribution in [0.5, 0.6) is 11.5 Å². The standard InChI is InChI=1S/C19H31N3O4/c1-20-19(21-14-15-13-17(25-3)5-6-18(15)23)22-9-7-16(8-10-22)26-12-4-11-24-2/h5-6,13,16,23H,4,7-12,14H2,1-3H3,(H,20,21). The van der Waals surface area contributed by atoms with Gasteiger partial charge in [0.15, 0.2) is 5.96 Å². The summed E-state index contributed by atoms with van der Waals surface area (Å²) in [6.45, 7) is 3.79. The van der Waals surface area contributed by atoms with Crippen LogP contribution in [0, 0.1) is 0 Å². The number of guanidine groups is 1. The first-order valence-electron chi connectivity index (χ1n) is 9.10. The van der Waals surface area contributed by atoms with Crippen molar-refractivity contribution in [3.05, 3.63) is 23.8 Å². The van der Waals surface area contributed by atoms with Gasteiger partial charge in [0.2, 0.25) is 0 Å². The van der Waals surface area contributed by atoms with E-state index in [4.69, 9.17) is 14.2 Å². The number of phenolic OH excluding ortho intramolecular Hbond substituents is 1. The maximum absolute atomic E-state index is 10.0. The molecule has 2 N–H and O–H groups in total. The van der Waals surface area contributed by atoms with Gasteiger partial charge in [-0.2, -0.15) is 0 Å². The summed E-state index contributed by atoms with van der Waals surface area (Å²) >= 11 is 0. The number of piperidine rings is 1. The summed E-state index contributed by atoms with van der Waals surface area (Å²) in [5, 5.41) is 13.3. The second-order valence-corrected chi connectivity index (χ2v) is 6.30. The zero-order valence-electron chi connectivity index (χ0n) is 16.0. The topological polar surface area (TPSA) is 75.6 Å². The Morgan fingerprint density at radius 3 is 2.69 bits per heavy atom. The molecule has 146 valence electrons. The molecule has 2 rings (SSSR count). The summed E-state index contributed by atoms with van der Waals surface area (Å²) < 4.78 is 16.2. The Labute approximate surface area is 156 Å². The third-order valence-electron chi connectivity index (χ3n) is 4.52. The minimum absolute atomic E-state index is 0.247. The summed E-state index contributed by atoms with van der Waals surface area (Å²) in [6, 6.07) is 5.21. The van der Waals surface area contributed by atoms with Crippen molar-refractivity contribution in [2.75, 3.05) is 47.6 Å². The molecule has 0 unspecified atom stereocenters. The molecule has 1 heterocycles. The lowest BCUT2D eigenvalue weighted by Crippen LogP contribution is -2.46. The molecule has 0 bridgehead atoms. The van der Waals surface area contributed by atoms with Gasteiger partial charge in [-0.05, 0) is 37.5 Å². The number of benzene rings is 1. The van der Waals surface area contributed by atoms with Crippen molar-refractivity contribution in [2.24, 2.45) is 4.99 Å². The van der Waals surface area contributed by atoms with Crippen molar-refractivity contribution in [1.82, 2.24) is 10.2 Å². The number of nitrogens with zero attached hydrogens (tertiary/aromatic N) is 2. The monoisotopic (exact) mass is 365 g/mol. The molecule has 7 nitrogen and oxygen atoms in total. The van der Waals surface area contributed by atoms with E-state index < -0.39 is 0 Å². The minimum atomic E-state index is 0.247. The number of rotatable bonds is 8. The minimum Gasteiger partial charge on any atom is -0.508 e. The number of likely N-dealkylation sites (tertiary alicyclic amines) is 1. The first kappa shape index (κ1) is 20.3. The Hall–Kier alpha value is -1.99. The summed E-state index contributed by atoms with van der Waals surface area (Å²) in [5.74, 6) is 1.81. The first-order valence-corrected chi connectivity index (χ1v) is 9.10. The number of phenols is 1. The van der Waals surface area contributed by atoms with Gasteiger partial charge in [0.25, 0.3) is 0 Å². The zero-order chi connectivity index (χ0) is 18.8. The quantitative estimate of drug-likeness (QED) is 0.417. The molecule has 1 aliphatic rings. The molecule has 0 saturated carbocycles. The largest absolute Gasteiger partial charge is 0.508 e. The van der Waals surface area contributed by atoms with Crippen molar-refractivity contribution >= 4 is 5.96 Å². The van der Waals surface area contributed by atoms with Crippen LogP contribution in [-0.4, -0.2) is 69.6 Å². The second-order valence-electron chi connectivity index (χ2n) is 6.30. The van der Waals surface area contributed by atoms with Crippen LogP contribution in [0.1, 0.15) is 24.8 Å². The van der Waals surface area contributed by atoms with Crippen LogP contribution in [0.15, 0.2) is 23.2 Å². The average molecular weight is 365 g/mol. The number of hydrogen-bond donors (Lipinski definition) is 2. The molecule has 1 saturated heterocycles. The number of aromatic hydroxyl groups is 1. The van der Waals surface area contributed by atoms with Gasteiger partial charge in [0.1, 0.15) is 11.5 Å². The maximum Gasteiger partial charge on any atom is 0.193 e. The van der Waals surface area contributed by atoms with E-state index in [2.05, 4.69) is 15.2 Å². The van der Waals surface area contributed by atoms with Crippen LogP contribution in [0.4, 0.5) is 0 Å². The molecule has 0 aliphatic carbocycles. The van der Waals surface area contributed by atoms with E-state index in [0.717, 1.165) is 62.8 Å². The van der Waals surface area contributed by atoms with Crippen molar-refractivity contribution < 1.29 is 19.3 Å². The molecule has 0 radical (unpaired) electrons. The van der Waals surface area contributed by atoms with Crippen molar-refractivity contribution in [1.29, 1.82) is 0 Å². The lowest BCUT2D eigenvalue weighted by Gasteiger charge is -2.34. The third kappa shape index (κ3) is 6.07. The fraction of sp³-hybridized carbons (Fsp3) is 0.632. The van der Waals surface area contributed by atoms with Crippen LogP contribution in [-0.2, 0) is 16.0 Å². The van der Waals surface area contributed by atoms with Crippen LogP contribution in [0.2, 0.25) is 0 Å². The molecule has 7 heteroatoms. The van der Waals surface area contributed by atoms with Crippen LogP contribution < -0.4 is 10.1 Å². The number of ether oxygens (including phenoxy) is 3. The molecule has 1 aromatic rings. The Bertz CT molecular complexity index is 572. The summed E-state index contributed by atoms with van der Waals surface area (Å²) in [5.41, 5.74) is 0.780. The van der Waals surface area contributed by atoms with Gasteiger partial charge in [0.05, 0.1) is 13.2 Å². The Morgan fingerprint density at radius 2 is 2.04 bits per heavy atom. The van der Waals surface area contributed by atoms with E-state index in [1.165, 1.54) is 0 Å². The second kappa shape index (κ2) is 10.9. The highest BCUT2D eigenvalue weighted by Gasteiger charge is 2.22. The molecule has 0 atom stereocenters. The predicted molar refractivity (Wildman–Crippen MR) is 102 cm³/mol. The lowest BCUT2D eigenvalue weighted by molar-refractivity contribution is 0.00989. The maximum atomic E-state index is 10.0. The van der Waals surface area contributed by atoms with Gasteiger partial charge < -0.3 is 29.5 Å². The molecular formula is C19H31N3O4. The van der Waals surface area contributed by atoms with Crippen molar-refractivity contribution in [2.45, 2.75) is 31.9 Å². The number of hydrogen-bond acceptors (Lipinski definition) is 5. The van der Waals surface area contributed by atoms with E-state index in [1.807, 2.05) is 6.07 Å². The third-order valence-corrected chi connectivity index (χ3v) is 4.52. The van der Waals surface area contributed by atoms with E-state index >= 15 is 0 Å². The highest BCUT2D eigenvalue weighted by molar-refractivity contribution is 5.80. The SMILES string of the molecule is CN=C(NCc1cc(OC)ccc1O)N1CCC(OCCCOC)CC1. The van der Waals surface area contributed by atoms with Crippen LogP contribution in [0.25, 0.3) is 0 Å². The van der Waals surface area contributed by atoms with Gasteiger partial charge in [-0.3, -0.25) is 4.99 Å². The van der Waals surface area contributed by atoms with E-state index in [0.29, 0.717) is 12.6 Å². The van der Waals surface area contributed by atoms with Crippen molar-refractivity contribution in [3.8, 4) is 11.5 Å². The Balaban J connectivity index is 1.79. The van der Waals surface area contributed by atoms with Crippen LogP contribution in [0.3, 0.4) is 0 Å². The molecule has 0 aromatic heterocycles. The first-order chi connectivity index (χ1) is 12.7. The highest BCUT2D eigenvalue weighted by atomic mass is 16.5. The van der Waals surface area contributed by atoms with Gasteiger partial charge in [-0.15, -0.1) is 0 Å². The predicted octanol–water partition coefficient (Wildman–Crippen LogP) is 1.99. The normalized spacial score (nSPS) is 16.0. The van der Waals surface area contributed by atoms with Crippen LogP contribution >= 0.6 is 0 Å². The Kier molecular flexibility index (Phi) is 8.50. The van der Waals surface area contributed by atoms with Gasteiger partial charge >= 0.3 is 0 Å². The smallest absolute Gasteiger partial charge is 0.193 e. The molecular weight excluding hydrogens is 334 g/mol. The van der Waals surface area contributed by atoms with Gasteiger partial charge in [-0.25, -0.2) is 0 Å². The summed E-state index contributed by atoms with van der Waals surface area (Å²) in [7, 11) is 5.10. The average Bonchev–Trinajstić information content (AvgIpc) is 2.68.